The molecule has 2 rings (SSSR count). The fraction of sp³-hybridized carbons (Fsp3) is 0.650. The van der Waals surface area contributed by atoms with Crippen molar-refractivity contribution in [3.63, 3.8) is 0 Å². The van der Waals surface area contributed by atoms with Crippen LogP contribution in [0.2, 0.25) is 0 Å². The molecule has 2 amide bonds. The Morgan fingerprint density at radius 2 is 1.76 bits per heavy atom. The number of hydrogen-bond donors (Lipinski definition) is 1. The standard InChI is InChI=1S/C20H31N3O2/c1-14(2)23(15(3)4)12-10-20(16-9-7-8-11-21-16)13-19(5,6)17(24)22-18(20)25/h7-9,11,14-15H,10,12-13H2,1-6H3,(H,22,24,25). The highest BCUT2D eigenvalue weighted by Crippen LogP contribution is 2.42. The zero-order chi connectivity index (χ0) is 18.8. The Bertz CT molecular complexity index is 617. The Balaban J connectivity index is 2.40. The number of imide groups is 1. The van der Waals surface area contributed by atoms with Crippen LogP contribution in [0.4, 0.5) is 0 Å². The molecule has 0 aromatic carbocycles. The van der Waals surface area contributed by atoms with Gasteiger partial charge in [-0.1, -0.05) is 19.9 Å². The number of nitrogens with zero attached hydrogens (tertiary/aromatic N) is 2. The highest BCUT2D eigenvalue weighted by Gasteiger charge is 2.52. The van der Waals surface area contributed by atoms with Gasteiger partial charge in [0.1, 0.15) is 0 Å². The summed E-state index contributed by atoms with van der Waals surface area (Å²) < 4.78 is 0. The van der Waals surface area contributed by atoms with Gasteiger partial charge in [0.05, 0.1) is 11.1 Å². The van der Waals surface area contributed by atoms with Crippen LogP contribution in [0.1, 0.15) is 60.1 Å². The molecule has 1 N–H and O–H groups in total. The van der Waals surface area contributed by atoms with Crippen LogP contribution in [0.3, 0.4) is 0 Å². The molecule has 1 aliphatic rings. The number of pyridine rings is 1. The van der Waals surface area contributed by atoms with Gasteiger partial charge in [-0.2, -0.15) is 0 Å². The van der Waals surface area contributed by atoms with Crippen LogP contribution in [0.15, 0.2) is 24.4 Å². The number of amides is 2. The lowest BCUT2D eigenvalue weighted by atomic mass is 9.65. The summed E-state index contributed by atoms with van der Waals surface area (Å²) in [7, 11) is 0. The fourth-order valence-corrected chi connectivity index (χ4v) is 3.92. The lowest BCUT2D eigenvalue weighted by Gasteiger charge is -2.44. The van der Waals surface area contributed by atoms with Gasteiger partial charge in [0.2, 0.25) is 11.8 Å². The Kier molecular flexibility index (Phi) is 5.67. The van der Waals surface area contributed by atoms with Crippen molar-refractivity contribution in [2.24, 2.45) is 5.41 Å². The van der Waals surface area contributed by atoms with E-state index in [1.807, 2.05) is 32.0 Å². The number of rotatable bonds is 6. The first kappa shape index (κ1) is 19.6. The largest absolute Gasteiger partial charge is 0.298 e. The van der Waals surface area contributed by atoms with Crippen molar-refractivity contribution in [2.75, 3.05) is 6.54 Å². The molecule has 0 saturated carbocycles. The highest BCUT2D eigenvalue weighted by atomic mass is 16.2. The minimum Gasteiger partial charge on any atom is -0.298 e. The number of nitrogens with one attached hydrogen (secondary N) is 1. The zero-order valence-electron chi connectivity index (χ0n) is 16.3. The molecule has 5 heteroatoms. The molecule has 5 nitrogen and oxygen atoms in total. The van der Waals surface area contributed by atoms with E-state index in [0.29, 0.717) is 24.9 Å². The molecule has 138 valence electrons. The van der Waals surface area contributed by atoms with E-state index < -0.39 is 10.8 Å². The summed E-state index contributed by atoms with van der Waals surface area (Å²) in [4.78, 5) is 32.1. The lowest BCUT2D eigenvalue weighted by Crippen LogP contribution is -2.59. The zero-order valence-corrected chi connectivity index (χ0v) is 16.3. The van der Waals surface area contributed by atoms with E-state index in [-0.39, 0.29) is 11.8 Å². The van der Waals surface area contributed by atoms with Gasteiger partial charge in [0.15, 0.2) is 0 Å². The Morgan fingerprint density at radius 1 is 1.12 bits per heavy atom. The minimum absolute atomic E-state index is 0.200. The molecule has 1 fully saturated rings. The first-order valence-corrected chi connectivity index (χ1v) is 9.13. The van der Waals surface area contributed by atoms with Crippen molar-refractivity contribution in [1.82, 2.24) is 15.2 Å². The van der Waals surface area contributed by atoms with E-state index >= 15 is 0 Å². The summed E-state index contributed by atoms with van der Waals surface area (Å²) in [6.45, 7) is 13.3. The van der Waals surface area contributed by atoms with Gasteiger partial charge in [0, 0.05) is 30.2 Å². The van der Waals surface area contributed by atoms with Crippen molar-refractivity contribution >= 4 is 11.8 Å². The Hall–Kier alpha value is -1.75. The van der Waals surface area contributed by atoms with Crippen LogP contribution >= 0.6 is 0 Å². The Morgan fingerprint density at radius 3 is 2.28 bits per heavy atom. The molecule has 0 spiro atoms. The first-order chi connectivity index (χ1) is 11.6. The fourth-order valence-electron chi connectivity index (χ4n) is 3.92. The van der Waals surface area contributed by atoms with E-state index in [1.165, 1.54) is 0 Å². The maximum Gasteiger partial charge on any atom is 0.238 e. The molecule has 2 heterocycles. The monoisotopic (exact) mass is 345 g/mol. The van der Waals surface area contributed by atoms with Gasteiger partial charge in [-0.05, 0) is 52.7 Å². The number of hydrogen-bond acceptors (Lipinski definition) is 4. The number of carbonyl (C=O) groups is 2. The molecule has 0 bridgehead atoms. The van der Waals surface area contributed by atoms with Gasteiger partial charge in [0.25, 0.3) is 0 Å². The summed E-state index contributed by atoms with van der Waals surface area (Å²) in [6.07, 6.45) is 2.84. The molecule has 0 radical (unpaired) electrons. The lowest BCUT2D eigenvalue weighted by molar-refractivity contribution is -0.146. The van der Waals surface area contributed by atoms with Crippen LogP contribution in [-0.4, -0.2) is 40.3 Å². The molecule has 1 aliphatic heterocycles. The van der Waals surface area contributed by atoms with E-state index in [0.717, 1.165) is 12.2 Å². The first-order valence-electron chi connectivity index (χ1n) is 9.13. The third-order valence-corrected chi connectivity index (χ3v) is 5.30. The predicted molar refractivity (Wildman–Crippen MR) is 99.1 cm³/mol. The van der Waals surface area contributed by atoms with Gasteiger partial charge in [-0.25, -0.2) is 0 Å². The number of carbonyl (C=O) groups excluding carboxylic acids is 2. The summed E-state index contributed by atoms with van der Waals surface area (Å²) in [5.41, 5.74) is -0.632. The number of aromatic nitrogens is 1. The van der Waals surface area contributed by atoms with E-state index in [1.54, 1.807) is 6.20 Å². The molecular formula is C20H31N3O2. The normalized spacial score (nSPS) is 23.4. The second-order valence-electron chi connectivity index (χ2n) is 8.32. The van der Waals surface area contributed by atoms with E-state index in [4.69, 9.17) is 0 Å². The molecule has 0 aliphatic carbocycles. The van der Waals surface area contributed by atoms with Crippen LogP contribution in [-0.2, 0) is 15.0 Å². The van der Waals surface area contributed by atoms with Crippen LogP contribution < -0.4 is 5.32 Å². The quantitative estimate of drug-likeness (QED) is 0.805. The summed E-state index contributed by atoms with van der Waals surface area (Å²) in [5.74, 6) is -0.420. The maximum absolute atomic E-state index is 13.0. The molecular weight excluding hydrogens is 314 g/mol. The third kappa shape index (κ3) is 3.92. The smallest absolute Gasteiger partial charge is 0.238 e. The maximum atomic E-state index is 13.0. The molecule has 1 atom stereocenters. The third-order valence-electron chi connectivity index (χ3n) is 5.30. The SMILES string of the molecule is CC(C)N(CCC1(c2ccccn2)CC(C)(C)C(=O)NC1=O)C(C)C. The molecule has 25 heavy (non-hydrogen) atoms. The van der Waals surface area contributed by atoms with Gasteiger partial charge >= 0.3 is 0 Å². The molecule has 1 aromatic heterocycles. The van der Waals surface area contributed by atoms with Crippen molar-refractivity contribution in [2.45, 2.75) is 71.9 Å². The molecule has 1 aromatic rings. The van der Waals surface area contributed by atoms with Crippen LogP contribution in [0.5, 0.6) is 0 Å². The van der Waals surface area contributed by atoms with E-state index in [9.17, 15) is 9.59 Å². The van der Waals surface area contributed by atoms with Crippen molar-refractivity contribution in [3.05, 3.63) is 30.1 Å². The highest BCUT2D eigenvalue weighted by molar-refractivity contribution is 6.05. The van der Waals surface area contributed by atoms with Crippen LogP contribution in [0.25, 0.3) is 0 Å². The summed E-state index contributed by atoms with van der Waals surface area (Å²) >= 11 is 0. The topological polar surface area (TPSA) is 62.3 Å². The molecule has 1 unspecified atom stereocenters. The van der Waals surface area contributed by atoms with E-state index in [2.05, 4.69) is 42.9 Å². The second-order valence-corrected chi connectivity index (χ2v) is 8.32. The summed E-state index contributed by atoms with van der Waals surface area (Å²) in [6, 6.07) is 6.44. The second kappa shape index (κ2) is 7.24. The average molecular weight is 345 g/mol. The summed E-state index contributed by atoms with van der Waals surface area (Å²) in [5, 5.41) is 2.60. The average Bonchev–Trinajstić information content (AvgIpc) is 2.52. The van der Waals surface area contributed by atoms with Gasteiger partial charge < -0.3 is 0 Å². The van der Waals surface area contributed by atoms with Crippen LogP contribution in [0, 0.1) is 5.41 Å². The Labute approximate surface area is 151 Å². The minimum atomic E-state index is -0.777. The molecule has 1 saturated heterocycles. The predicted octanol–water partition coefficient (Wildman–Crippen LogP) is 2.90. The van der Waals surface area contributed by atoms with Crippen molar-refractivity contribution in [1.29, 1.82) is 0 Å². The van der Waals surface area contributed by atoms with Crippen molar-refractivity contribution < 1.29 is 9.59 Å². The van der Waals surface area contributed by atoms with Crippen molar-refractivity contribution in [3.8, 4) is 0 Å². The van der Waals surface area contributed by atoms with Gasteiger partial charge in [-0.15, -0.1) is 0 Å². The van der Waals surface area contributed by atoms with Gasteiger partial charge in [-0.3, -0.25) is 24.8 Å². The number of piperidine rings is 1.